The van der Waals surface area contributed by atoms with Gasteiger partial charge in [-0.3, -0.25) is 0 Å². The molecule has 0 aliphatic heterocycles. The average molecular weight is 450 g/mol. The van der Waals surface area contributed by atoms with Crippen molar-refractivity contribution < 1.29 is 4.74 Å². The van der Waals surface area contributed by atoms with Gasteiger partial charge in [-0.05, 0) is 66.6 Å². The van der Waals surface area contributed by atoms with Crippen LogP contribution in [0.5, 0.6) is 11.5 Å². The van der Waals surface area contributed by atoms with Gasteiger partial charge in [0.25, 0.3) is 0 Å². The van der Waals surface area contributed by atoms with Crippen LogP contribution < -0.4 is 10.1 Å². The quantitative estimate of drug-likeness (QED) is 0.298. The first-order valence-corrected chi connectivity index (χ1v) is 12.2. The van der Waals surface area contributed by atoms with E-state index in [1.807, 2.05) is 54.6 Å². The molecule has 2 heterocycles. The highest BCUT2D eigenvalue weighted by Gasteiger charge is 2.17. The summed E-state index contributed by atoms with van der Waals surface area (Å²) in [6, 6.07) is 24.7. The Labute approximate surface area is 196 Å². The summed E-state index contributed by atoms with van der Waals surface area (Å²) in [5, 5.41) is 6.77. The molecule has 33 heavy (non-hydrogen) atoms. The molecule has 2 aromatic heterocycles. The summed E-state index contributed by atoms with van der Waals surface area (Å²) in [5.74, 6) is 2.34. The van der Waals surface area contributed by atoms with Gasteiger partial charge < -0.3 is 10.1 Å². The summed E-state index contributed by atoms with van der Waals surface area (Å²) in [6.45, 7) is 0. The van der Waals surface area contributed by atoms with Crippen molar-refractivity contribution in [2.75, 3.05) is 5.32 Å². The number of benzene rings is 3. The molecule has 1 aliphatic carbocycles. The van der Waals surface area contributed by atoms with Crippen LogP contribution in [0.2, 0.25) is 0 Å². The van der Waals surface area contributed by atoms with E-state index in [1.165, 1.54) is 41.5 Å². The van der Waals surface area contributed by atoms with E-state index in [0.717, 1.165) is 39.6 Å². The third-order valence-electron chi connectivity index (χ3n) is 6.14. The number of hydrogen-bond donors (Lipinski definition) is 1. The van der Waals surface area contributed by atoms with Crippen molar-refractivity contribution in [2.24, 2.45) is 0 Å². The van der Waals surface area contributed by atoms with Crippen LogP contribution in [0.25, 0.3) is 21.3 Å². The number of rotatable bonds is 5. The second-order valence-corrected chi connectivity index (χ2v) is 9.14. The lowest BCUT2D eigenvalue weighted by atomic mass is 9.89. The zero-order chi connectivity index (χ0) is 22.0. The highest BCUT2D eigenvalue weighted by atomic mass is 32.1. The van der Waals surface area contributed by atoms with Crippen molar-refractivity contribution in [3.8, 4) is 22.6 Å². The Balaban J connectivity index is 1.40. The van der Waals surface area contributed by atoms with E-state index >= 15 is 0 Å². The zero-order valence-corrected chi connectivity index (χ0v) is 18.9. The molecule has 3 aromatic carbocycles. The number of anilines is 2. The number of para-hydroxylation sites is 3. The molecule has 0 atom stereocenters. The highest BCUT2D eigenvalue weighted by molar-refractivity contribution is 7.17. The van der Waals surface area contributed by atoms with E-state index in [1.54, 1.807) is 17.7 Å². The molecule has 1 N–H and O–H groups in total. The van der Waals surface area contributed by atoms with E-state index in [4.69, 9.17) is 4.74 Å². The van der Waals surface area contributed by atoms with E-state index in [-0.39, 0.29) is 0 Å². The third kappa shape index (κ3) is 3.96. The van der Waals surface area contributed by atoms with Crippen LogP contribution in [-0.2, 0) is 12.8 Å². The number of thiophene rings is 1. The van der Waals surface area contributed by atoms with Crippen molar-refractivity contribution in [3.63, 3.8) is 0 Å². The van der Waals surface area contributed by atoms with Gasteiger partial charge in [-0.2, -0.15) is 0 Å². The summed E-state index contributed by atoms with van der Waals surface area (Å²) < 4.78 is 6.15. The van der Waals surface area contributed by atoms with Crippen LogP contribution >= 0.6 is 11.3 Å². The van der Waals surface area contributed by atoms with Crippen LogP contribution in [0, 0.1) is 0 Å². The average Bonchev–Trinajstić information content (AvgIpc) is 3.31. The molecule has 0 saturated carbocycles. The number of fused-ring (bicyclic) bond motifs is 2. The van der Waals surface area contributed by atoms with Gasteiger partial charge in [-0.25, -0.2) is 9.97 Å². The Kier molecular flexibility index (Phi) is 5.25. The van der Waals surface area contributed by atoms with Crippen molar-refractivity contribution in [3.05, 3.63) is 95.6 Å². The van der Waals surface area contributed by atoms with Crippen LogP contribution in [0.4, 0.5) is 11.5 Å². The van der Waals surface area contributed by atoms with E-state index < -0.39 is 0 Å². The Hall–Kier alpha value is -3.70. The highest BCUT2D eigenvalue weighted by Crippen LogP contribution is 2.40. The zero-order valence-electron chi connectivity index (χ0n) is 18.1. The number of hydrogen-bond acceptors (Lipinski definition) is 5. The summed E-state index contributed by atoms with van der Waals surface area (Å²) in [4.78, 5) is 10.1. The van der Waals surface area contributed by atoms with Crippen LogP contribution in [-0.4, -0.2) is 9.97 Å². The van der Waals surface area contributed by atoms with Crippen LogP contribution in [0.1, 0.15) is 24.0 Å². The topological polar surface area (TPSA) is 47.0 Å². The maximum Gasteiger partial charge on any atom is 0.150 e. The number of nitrogens with one attached hydrogen (secondary N) is 1. The SMILES string of the molecule is c1ccc(Oc2ccccc2Nc2ncnc3scc(-c4ccc5c(c4)CCCC5)c23)cc1. The van der Waals surface area contributed by atoms with Gasteiger partial charge >= 0.3 is 0 Å². The fourth-order valence-electron chi connectivity index (χ4n) is 4.49. The summed E-state index contributed by atoms with van der Waals surface area (Å²) in [5.41, 5.74) is 6.24. The standard InChI is InChI=1S/C28H23N3OS/c1-2-10-22(11-3-1)32-25-13-7-6-12-24(25)31-27-26-23(17-33-28(26)30-18-29-27)21-15-14-19-8-4-5-9-20(19)16-21/h1-3,6-7,10-18H,4-5,8-9H2,(H,29,30,31). The lowest BCUT2D eigenvalue weighted by molar-refractivity contribution is 0.485. The number of aryl methyl sites for hydroxylation is 2. The minimum atomic E-state index is 0.751. The molecule has 0 unspecified atom stereocenters. The van der Waals surface area contributed by atoms with Gasteiger partial charge in [-0.15, -0.1) is 11.3 Å². The molecule has 6 rings (SSSR count). The normalized spacial score (nSPS) is 13.0. The van der Waals surface area contributed by atoms with E-state index in [9.17, 15) is 0 Å². The summed E-state index contributed by atoms with van der Waals surface area (Å²) in [7, 11) is 0. The summed E-state index contributed by atoms with van der Waals surface area (Å²) in [6.07, 6.45) is 6.54. The predicted molar refractivity (Wildman–Crippen MR) is 136 cm³/mol. The lowest BCUT2D eigenvalue weighted by Gasteiger charge is -2.17. The molecule has 162 valence electrons. The van der Waals surface area contributed by atoms with Crippen LogP contribution in [0.3, 0.4) is 0 Å². The fourth-order valence-corrected chi connectivity index (χ4v) is 5.40. The molecule has 5 aromatic rings. The predicted octanol–water partition coefficient (Wildman–Crippen LogP) is 7.77. The molecule has 4 nitrogen and oxygen atoms in total. The van der Waals surface area contributed by atoms with Crippen molar-refractivity contribution >= 4 is 33.1 Å². The molecular weight excluding hydrogens is 426 g/mol. The maximum atomic E-state index is 6.15. The Morgan fingerprint density at radius 2 is 1.64 bits per heavy atom. The Morgan fingerprint density at radius 1 is 0.818 bits per heavy atom. The largest absolute Gasteiger partial charge is 0.455 e. The molecule has 0 amide bonds. The van der Waals surface area contributed by atoms with Gasteiger partial charge in [0.2, 0.25) is 0 Å². The molecule has 0 spiro atoms. The summed E-state index contributed by atoms with van der Waals surface area (Å²) >= 11 is 1.66. The van der Waals surface area contributed by atoms with Gasteiger partial charge in [0.05, 0.1) is 11.1 Å². The molecule has 0 fully saturated rings. The second kappa shape index (κ2) is 8.68. The maximum absolute atomic E-state index is 6.15. The molecule has 1 aliphatic rings. The fraction of sp³-hybridized carbons (Fsp3) is 0.143. The minimum Gasteiger partial charge on any atom is -0.455 e. The molecule has 5 heteroatoms. The first-order chi connectivity index (χ1) is 16.3. The number of nitrogens with zero attached hydrogens (tertiary/aromatic N) is 2. The van der Waals surface area contributed by atoms with E-state index in [0.29, 0.717) is 0 Å². The third-order valence-corrected chi connectivity index (χ3v) is 7.03. The van der Waals surface area contributed by atoms with Crippen molar-refractivity contribution in [1.29, 1.82) is 0 Å². The number of aromatic nitrogens is 2. The van der Waals surface area contributed by atoms with Crippen molar-refractivity contribution in [1.82, 2.24) is 9.97 Å². The lowest BCUT2D eigenvalue weighted by Crippen LogP contribution is -2.02. The minimum absolute atomic E-state index is 0.751. The molecular formula is C28H23N3OS. The smallest absolute Gasteiger partial charge is 0.150 e. The first kappa shape index (κ1) is 19.9. The molecule has 0 radical (unpaired) electrons. The molecule has 0 saturated heterocycles. The van der Waals surface area contributed by atoms with Gasteiger partial charge in [0.15, 0.2) is 5.75 Å². The second-order valence-electron chi connectivity index (χ2n) is 8.28. The molecule has 0 bridgehead atoms. The Morgan fingerprint density at radius 3 is 2.55 bits per heavy atom. The van der Waals surface area contributed by atoms with E-state index in [2.05, 4.69) is 38.9 Å². The Bertz CT molecular complexity index is 1430. The van der Waals surface area contributed by atoms with Gasteiger partial charge in [0, 0.05) is 10.9 Å². The monoisotopic (exact) mass is 449 g/mol. The van der Waals surface area contributed by atoms with Crippen LogP contribution in [0.15, 0.2) is 84.5 Å². The number of ether oxygens (including phenoxy) is 1. The van der Waals surface area contributed by atoms with Gasteiger partial charge in [-0.1, -0.05) is 48.5 Å². The van der Waals surface area contributed by atoms with Crippen molar-refractivity contribution in [2.45, 2.75) is 25.7 Å². The van der Waals surface area contributed by atoms with Gasteiger partial charge in [0.1, 0.15) is 22.7 Å². The first-order valence-electron chi connectivity index (χ1n) is 11.3.